The van der Waals surface area contributed by atoms with E-state index in [0.717, 1.165) is 30.6 Å². The summed E-state index contributed by atoms with van der Waals surface area (Å²) in [5.41, 5.74) is 3.73. The number of hydrogen-bond donors (Lipinski definition) is 0. The minimum absolute atomic E-state index is 0.00244. The number of carbonyl (C=O) groups is 1. The van der Waals surface area contributed by atoms with Gasteiger partial charge in [-0.1, -0.05) is 37.7 Å². The fourth-order valence-corrected chi connectivity index (χ4v) is 3.65. The smallest absolute Gasteiger partial charge is 0.248 e. The molecular weight excluding hydrogens is 280 g/mol. The zero-order valence-electron chi connectivity index (χ0n) is 13.4. The van der Waals surface area contributed by atoms with Crippen LogP contribution in [0.1, 0.15) is 50.7 Å². The van der Waals surface area contributed by atoms with Crippen molar-refractivity contribution in [2.45, 2.75) is 59.9 Å². The summed E-state index contributed by atoms with van der Waals surface area (Å²) in [7, 11) is 0. The van der Waals surface area contributed by atoms with Crippen molar-refractivity contribution in [1.82, 2.24) is 4.57 Å². The Morgan fingerprint density at radius 1 is 1.24 bits per heavy atom. The van der Waals surface area contributed by atoms with Crippen molar-refractivity contribution in [3.8, 4) is 0 Å². The summed E-state index contributed by atoms with van der Waals surface area (Å²) in [6, 6.07) is 4.39. The molecule has 0 aliphatic rings. The van der Waals surface area contributed by atoms with Crippen LogP contribution in [0.25, 0.3) is 10.2 Å². The Morgan fingerprint density at radius 2 is 2.00 bits per heavy atom. The highest BCUT2D eigenvalue weighted by Gasteiger charge is 2.10. The minimum atomic E-state index is 0.00244. The maximum absolute atomic E-state index is 12.0. The number of benzene rings is 1. The first-order valence-electron chi connectivity index (χ1n) is 7.75. The zero-order valence-corrected chi connectivity index (χ0v) is 14.2. The van der Waals surface area contributed by atoms with Gasteiger partial charge < -0.3 is 4.57 Å². The first-order valence-corrected chi connectivity index (χ1v) is 8.56. The van der Waals surface area contributed by atoms with Crippen LogP contribution in [-0.2, 0) is 11.3 Å². The van der Waals surface area contributed by atoms with Gasteiger partial charge >= 0.3 is 0 Å². The van der Waals surface area contributed by atoms with Crippen LogP contribution in [0.5, 0.6) is 0 Å². The Balaban J connectivity index is 2.57. The molecule has 114 valence electrons. The van der Waals surface area contributed by atoms with E-state index < -0.39 is 0 Å². The monoisotopic (exact) mass is 304 g/mol. The second-order valence-corrected chi connectivity index (χ2v) is 6.55. The second-order valence-electron chi connectivity index (χ2n) is 5.58. The number of unbranched alkanes of at least 4 members (excludes halogenated alkanes) is 1. The van der Waals surface area contributed by atoms with Crippen molar-refractivity contribution in [1.29, 1.82) is 0 Å². The lowest BCUT2D eigenvalue weighted by Crippen LogP contribution is -2.16. The van der Waals surface area contributed by atoms with Gasteiger partial charge in [-0.2, -0.15) is 4.99 Å². The zero-order chi connectivity index (χ0) is 15.4. The van der Waals surface area contributed by atoms with Crippen LogP contribution in [0.2, 0.25) is 0 Å². The standard InChI is InChI=1S/C17H24N2OS/c1-5-7-8-15(20)18-17-19(9-6-2)14-11-12(3)10-13(4)16(14)21-17/h10-11H,5-9H2,1-4H3. The van der Waals surface area contributed by atoms with Gasteiger partial charge in [0.25, 0.3) is 0 Å². The number of amides is 1. The summed E-state index contributed by atoms with van der Waals surface area (Å²) in [5, 5.41) is 0. The molecule has 0 saturated carbocycles. The Labute approximate surface area is 130 Å². The van der Waals surface area contributed by atoms with Crippen molar-refractivity contribution >= 4 is 27.5 Å². The van der Waals surface area contributed by atoms with Gasteiger partial charge in [0.05, 0.1) is 10.2 Å². The van der Waals surface area contributed by atoms with Crippen LogP contribution in [0.4, 0.5) is 0 Å². The Kier molecular flexibility index (Phi) is 5.34. The Bertz CT molecular complexity index is 709. The molecule has 0 saturated heterocycles. The fraction of sp³-hybridized carbons (Fsp3) is 0.529. The van der Waals surface area contributed by atoms with E-state index in [1.807, 2.05) is 0 Å². The van der Waals surface area contributed by atoms with Crippen LogP contribution in [0.15, 0.2) is 17.1 Å². The summed E-state index contributed by atoms with van der Waals surface area (Å²) in [6.07, 6.45) is 3.53. The van der Waals surface area contributed by atoms with Gasteiger partial charge in [0.1, 0.15) is 0 Å². The molecule has 0 atom stereocenters. The van der Waals surface area contributed by atoms with Gasteiger partial charge in [0.15, 0.2) is 4.80 Å². The van der Waals surface area contributed by atoms with Crippen molar-refractivity contribution in [2.75, 3.05) is 0 Å². The molecule has 0 aliphatic heterocycles. The molecule has 1 amide bonds. The highest BCUT2D eigenvalue weighted by Crippen LogP contribution is 2.23. The lowest BCUT2D eigenvalue weighted by atomic mass is 10.1. The van der Waals surface area contributed by atoms with E-state index >= 15 is 0 Å². The third-order valence-corrected chi connectivity index (χ3v) is 4.76. The number of carbonyl (C=O) groups excluding carboxylic acids is 1. The van der Waals surface area contributed by atoms with Gasteiger partial charge in [0, 0.05) is 13.0 Å². The molecule has 2 rings (SSSR count). The van der Waals surface area contributed by atoms with Gasteiger partial charge in [-0.05, 0) is 43.9 Å². The van der Waals surface area contributed by atoms with Crippen LogP contribution >= 0.6 is 11.3 Å². The molecule has 1 aromatic carbocycles. The predicted octanol–water partition coefficient (Wildman–Crippen LogP) is 4.35. The maximum Gasteiger partial charge on any atom is 0.248 e. The first kappa shape index (κ1) is 16.0. The van der Waals surface area contributed by atoms with Crippen LogP contribution in [-0.4, -0.2) is 10.5 Å². The largest absolute Gasteiger partial charge is 0.316 e. The topological polar surface area (TPSA) is 34.4 Å². The molecule has 0 unspecified atom stereocenters. The maximum atomic E-state index is 12.0. The lowest BCUT2D eigenvalue weighted by Gasteiger charge is -2.04. The van der Waals surface area contributed by atoms with E-state index in [0.29, 0.717) is 6.42 Å². The summed E-state index contributed by atoms with van der Waals surface area (Å²) in [6.45, 7) is 9.40. The van der Waals surface area contributed by atoms with E-state index in [1.165, 1.54) is 21.3 Å². The van der Waals surface area contributed by atoms with E-state index in [9.17, 15) is 4.79 Å². The number of fused-ring (bicyclic) bond motifs is 1. The number of hydrogen-bond acceptors (Lipinski definition) is 2. The number of aryl methyl sites for hydroxylation is 3. The van der Waals surface area contributed by atoms with Gasteiger partial charge in [-0.25, -0.2) is 0 Å². The number of nitrogens with zero attached hydrogens (tertiary/aromatic N) is 2. The van der Waals surface area contributed by atoms with Gasteiger partial charge in [0.2, 0.25) is 5.91 Å². The molecule has 1 aromatic heterocycles. The summed E-state index contributed by atoms with van der Waals surface area (Å²) in [5.74, 6) is 0.00244. The molecule has 3 nitrogen and oxygen atoms in total. The van der Waals surface area contributed by atoms with Crippen LogP contribution in [0, 0.1) is 13.8 Å². The van der Waals surface area contributed by atoms with Gasteiger partial charge in [-0.3, -0.25) is 4.79 Å². The highest BCUT2D eigenvalue weighted by molar-refractivity contribution is 7.16. The Morgan fingerprint density at radius 3 is 2.67 bits per heavy atom. The quantitative estimate of drug-likeness (QED) is 0.808. The van der Waals surface area contributed by atoms with E-state index in [1.54, 1.807) is 11.3 Å². The third-order valence-electron chi connectivity index (χ3n) is 3.53. The van der Waals surface area contributed by atoms with Crippen molar-refractivity contribution in [3.05, 3.63) is 28.1 Å². The molecule has 0 spiro atoms. The lowest BCUT2D eigenvalue weighted by molar-refractivity contribution is -0.118. The molecule has 0 aliphatic carbocycles. The van der Waals surface area contributed by atoms with E-state index in [-0.39, 0.29) is 5.91 Å². The van der Waals surface area contributed by atoms with Crippen molar-refractivity contribution < 1.29 is 4.79 Å². The first-order chi connectivity index (χ1) is 10.1. The molecule has 2 aromatic rings. The van der Waals surface area contributed by atoms with E-state index in [2.05, 4.69) is 49.4 Å². The molecule has 4 heteroatoms. The number of thiazole rings is 1. The molecule has 0 N–H and O–H groups in total. The third kappa shape index (κ3) is 3.62. The molecule has 21 heavy (non-hydrogen) atoms. The molecule has 0 fully saturated rings. The SMILES string of the molecule is CCCCC(=O)N=c1sc2c(C)cc(C)cc2n1CCC. The molecule has 0 bridgehead atoms. The van der Waals surface area contributed by atoms with Crippen molar-refractivity contribution in [2.24, 2.45) is 4.99 Å². The summed E-state index contributed by atoms with van der Waals surface area (Å²) < 4.78 is 3.44. The summed E-state index contributed by atoms with van der Waals surface area (Å²) >= 11 is 1.64. The summed E-state index contributed by atoms with van der Waals surface area (Å²) in [4.78, 5) is 17.2. The molecule has 1 heterocycles. The van der Waals surface area contributed by atoms with Crippen LogP contribution in [0.3, 0.4) is 0 Å². The van der Waals surface area contributed by atoms with Crippen molar-refractivity contribution in [3.63, 3.8) is 0 Å². The van der Waals surface area contributed by atoms with Crippen LogP contribution < -0.4 is 4.80 Å². The fourth-order valence-electron chi connectivity index (χ4n) is 2.53. The van der Waals surface area contributed by atoms with E-state index in [4.69, 9.17) is 0 Å². The average molecular weight is 304 g/mol. The second kappa shape index (κ2) is 7.03. The number of rotatable bonds is 5. The minimum Gasteiger partial charge on any atom is -0.316 e. The highest BCUT2D eigenvalue weighted by atomic mass is 32.1. The Hall–Kier alpha value is -1.42. The number of aromatic nitrogens is 1. The predicted molar refractivity (Wildman–Crippen MR) is 89.7 cm³/mol. The average Bonchev–Trinajstić information content (AvgIpc) is 2.76. The molecule has 0 radical (unpaired) electrons. The van der Waals surface area contributed by atoms with Gasteiger partial charge in [-0.15, -0.1) is 0 Å². The molecular formula is C17H24N2OS. The normalized spacial score (nSPS) is 12.3.